The molecule has 0 unspecified atom stereocenters. The summed E-state index contributed by atoms with van der Waals surface area (Å²) in [5.74, 6) is 1.13. The Labute approximate surface area is 186 Å². The molecule has 3 aromatic heterocycles. The zero-order valence-electron chi connectivity index (χ0n) is 18.3. The molecule has 3 heterocycles. The maximum absolute atomic E-state index is 12.7. The maximum Gasteiger partial charge on any atom is 0.256 e. The second kappa shape index (κ2) is 9.47. The molecule has 0 saturated heterocycles. The van der Waals surface area contributed by atoms with Crippen LogP contribution in [0.5, 0.6) is 5.75 Å². The lowest BCUT2D eigenvalue weighted by molar-refractivity contribution is 0.0949. The first-order valence-corrected chi connectivity index (χ1v) is 10.5. The number of aromatic nitrogens is 4. The minimum Gasteiger partial charge on any atom is -0.497 e. The van der Waals surface area contributed by atoms with Crippen LogP contribution < -0.4 is 10.1 Å². The molecule has 4 aromatic rings. The molecule has 0 atom stereocenters. The second-order valence-corrected chi connectivity index (χ2v) is 7.28. The quantitative estimate of drug-likeness (QED) is 0.455. The van der Waals surface area contributed by atoms with Gasteiger partial charge in [0.2, 0.25) is 0 Å². The van der Waals surface area contributed by atoms with Gasteiger partial charge in [0.15, 0.2) is 0 Å². The summed E-state index contributed by atoms with van der Waals surface area (Å²) in [6.45, 7) is 4.59. The molecule has 0 bridgehead atoms. The van der Waals surface area contributed by atoms with E-state index in [4.69, 9.17) is 14.4 Å². The summed E-state index contributed by atoms with van der Waals surface area (Å²) in [7, 11) is 1.64. The zero-order valence-corrected chi connectivity index (χ0v) is 18.3. The second-order valence-electron chi connectivity index (χ2n) is 7.28. The molecule has 1 amide bonds. The highest BCUT2D eigenvalue weighted by Crippen LogP contribution is 2.27. The van der Waals surface area contributed by atoms with Gasteiger partial charge in [0, 0.05) is 30.1 Å². The number of ether oxygens (including phenoxy) is 1. The molecular weight excluding hydrogens is 406 g/mol. The van der Waals surface area contributed by atoms with Gasteiger partial charge in [0.05, 0.1) is 30.7 Å². The lowest BCUT2D eigenvalue weighted by atomic mass is 10.1. The van der Waals surface area contributed by atoms with Crippen molar-refractivity contribution in [2.75, 3.05) is 13.7 Å². The molecule has 1 N–H and O–H groups in total. The topological polar surface area (TPSA) is 95.1 Å². The average molecular weight is 431 g/mol. The van der Waals surface area contributed by atoms with Crippen molar-refractivity contribution in [2.45, 2.75) is 26.8 Å². The molecule has 32 heavy (non-hydrogen) atoms. The molecule has 8 nitrogen and oxygen atoms in total. The third kappa shape index (κ3) is 4.39. The highest BCUT2D eigenvalue weighted by Gasteiger charge is 2.19. The Balaban J connectivity index is 1.56. The number of carbonyl (C=O) groups excluding carboxylic acids is 1. The molecule has 0 aliphatic carbocycles. The minimum absolute atomic E-state index is 0.189. The summed E-state index contributed by atoms with van der Waals surface area (Å²) in [4.78, 5) is 16.9. The van der Waals surface area contributed by atoms with Gasteiger partial charge in [-0.1, -0.05) is 12.1 Å². The first-order valence-electron chi connectivity index (χ1n) is 10.5. The number of aryl methyl sites for hydroxylation is 2. The molecule has 0 radical (unpaired) electrons. The summed E-state index contributed by atoms with van der Waals surface area (Å²) >= 11 is 0. The highest BCUT2D eigenvalue weighted by molar-refractivity contribution is 5.96. The van der Waals surface area contributed by atoms with Crippen molar-refractivity contribution in [1.29, 1.82) is 0 Å². The Morgan fingerprint density at radius 3 is 2.69 bits per heavy atom. The molecule has 1 aromatic carbocycles. The molecular formula is C24H25N5O3. The number of benzene rings is 1. The normalized spacial score (nSPS) is 10.8. The Kier molecular flexibility index (Phi) is 6.30. The third-order valence-corrected chi connectivity index (χ3v) is 5.23. The Morgan fingerprint density at radius 2 is 2.00 bits per heavy atom. The standard InChI is InChI=1S/C24H25N5O3/c1-4-20-23(16(2)32-28-20)24(30)26-12-13-29-22(18-6-5-11-25-15-18)14-21(27-29)17-7-9-19(31-3)10-8-17/h5-11,14-15H,4,12-13H2,1-3H3,(H,26,30). The summed E-state index contributed by atoms with van der Waals surface area (Å²) in [5.41, 5.74) is 4.87. The van der Waals surface area contributed by atoms with Gasteiger partial charge >= 0.3 is 0 Å². The first-order chi connectivity index (χ1) is 15.6. The number of rotatable bonds is 8. The smallest absolute Gasteiger partial charge is 0.256 e. The number of nitrogens with one attached hydrogen (secondary N) is 1. The van der Waals surface area contributed by atoms with E-state index >= 15 is 0 Å². The SMILES string of the molecule is CCc1noc(C)c1C(=O)NCCn1nc(-c2ccc(OC)cc2)cc1-c1cccnc1. The summed E-state index contributed by atoms with van der Waals surface area (Å²) in [5, 5.41) is 11.7. The number of nitrogens with zero attached hydrogens (tertiary/aromatic N) is 4. The van der Waals surface area contributed by atoms with Crippen LogP contribution in [0.4, 0.5) is 0 Å². The van der Waals surface area contributed by atoms with Crippen LogP contribution in [-0.2, 0) is 13.0 Å². The highest BCUT2D eigenvalue weighted by atomic mass is 16.5. The number of hydrogen-bond donors (Lipinski definition) is 1. The molecule has 0 fully saturated rings. The Bertz CT molecular complexity index is 1200. The molecule has 0 saturated carbocycles. The van der Waals surface area contributed by atoms with E-state index in [0.717, 1.165) is 28.3 Å². The molecule has 8 heteroatoms. The van der Waals surface area contributed by atoms with Gasteiger partial charge in [-0.05, 0) is 55.8 Å². The van der Waals surface area contributed by atoms with E-state index in [0.29, 0.717) is 36.5 Å². The monoisotopic (exact) mass is 431 g/mol. The van der Waals surface area contributed by atoms with Crippen LogP contribution in [0.1, 0.15) is 28.7 Å². The minimum atomic E-state index is -0.189. The number of pyridine rings is 1. The summed E-state index contributed by atoms with van der Waals surface area (Å²) in [6.07, 6.45) is 4.18. The van der Waals surface area contributed by atoms with Crippen molar-refractivity contribution >= 4 is 5.91 Å². The summed E-state index contributed by atoms with van der Waals surface area (Å²) in [6, 6.07) is 13.7. The largest absolute Gasteiger partial charge is 0.497 e. The van der Waals surface area contributed by atoms with Crippen LogP contribution in [0.2, 0.25) is 0 Å². The van der Waals surface area contributed by atoms with E-state index in [2.05, 4.69) is 15.5 Å². The van der Waals surface area contributed by atoms with Gasteiger partial charge in [-0.25, -0.2) is 0 Å². The fourth-order valence-electron chi connectivity index (χ4n) is 3.55. The van der Waals surface area contributed by atoms with Crippen molar-refractivity contribution in [1.82, 2.24) is 25.2 Å². The van der Waals surface area contributed by atoms with Gasteiger partial charge in [-0.3, -0.25) is 14.5 Å². The lowest BCUT2D eigenvalue weighted by Gasteiger charge is -2.09. The van der Waals surface area contributed by atoms with Gasteiger partial charge in [-0.15, -0.1) is 0 Å². The van der Waals surface area contributed by atoms with Crippen LogP contribution in [0.3, 0.4) is 0 Å². The number of methoxy groups -OCH3 is 1. The molecule has 0 spiro atoms. The summed E-state index contributed by atoms with van der Waals surface area (Å²) < 4.78 is 12.3. The van der Waals surface area contributed by atoms with Gasteiger partial charge < -0.3 is 14.6 Å². The molecule has 0 aliphatic heterocycles. The number of hydrogen-bond acceptors (Lipinski definition) is 6. The van der Waals surface area contributed by atoms with Gasteiger partial charge in [0.1, 0.15) is 17.1 Å². The van der Waals surface area contributed by atoms with Crippen molar-refractivity contribution in [3.63, 3.8) is 0 Å². The van der Waals surface area contributed by atoms with E-state index in [9.17, 15) is 4.79 Å². The molecule has 4 rings (SSSR count). The molecule has 164 valence electrons. The fourth-order valence-corrected chi connectivity index (χ4v) is 3.55. The first kappa shape index (κ1) is 21.3. The lowest BCUT2D eigenvalue weighted by Crippen LogP contribution is -2.28. The van der Waals surface area contributed by atoms with Crippen molar-refractivity contribution in [3.8, 4) is 28.3 Å². The Morgan fingerprint density at radius 1 is 1.19 bits per heavy atom. The van der Waals surface area contributed by atoms with Crippen LogP contribution in [-0.4, -0.2) is 39.5 Å². The van der Waals surface area contributed by atoms with E-state index < -0.39 is 0 Å². The number of amides is 1. The molecule has 0 aliphatic rings. The predicted molar refractivity (Wildman–Crippen MR) is 120 cm³/mol. The zero-order chi connectivity index (χ0) is 22.5. The van der Waals surface area contributed by atoms with E-state index in [-0.39, 0.29) is 5.91 Å². The van der Waals surface area contributed by atoms with Crippen LogP contribution in [0, 0.1) is 6.92 Å². The van der Waals surface area contributed by atoms with Crippen LogP contribution in [0.25, 0.3) is 22.5 Å². The number of carbonyl (C=O) groups is 1. The Hall–Kier alpha value is -3.94. The van der Waals surface area contributed by atoms with Crippen molar-refractivity contribution in [2.24, 2.45) is 0 Å². The van der Waals surface area contributed by atoms with Gasteiger partial charge in [0.25, 0.3) is 5.91 Å². The fraction of sp³-hybridized carbons (Fsp3) is 0.250. The maximum atomic E-state index is 12.7. The van der Waals surface area contributed by atoms with Crippen LogP contribution in [0.15, 0.2) is 59.4 Å². The predicted octanol–water partition coefficient (Wildman–Crippen LogP) is 3.91. The van der Waals surface area contributed by atoms with E-state index in [1.54, 1.807) is 26.4 Å². The van der Waals surface area contributed by atoms with Crippen molar-refractivity contribution < 1.29 is 14.1 Å². The third-order valence-electron chi connectivity index (χ3n) is 5.23. The van der Waals surface area contributed by atoms with Crippen molar-refractivity contribution in [3.05, 3.63) is 71.9 Å². The van der Waals surface area contributed by atoms with Crippen LogP contribution >= 0.6 is 0 Å². The van der Waals surface area contributed by atoms with E-state index in [1.807, 2.05) is 54.1 Å². The van der Waals surface area contributed by atoms with Gasteiger partial charge in [-0.2, -0.15) is 5.10 Å². The van der Waals surface area contributed by atoms with E-state index in [1.165, 1.54) is 0 Å². The average Bonchev–Trinajstić information content (AvgIpc) is 3.43.